The minimum Gasteiger partial charge on any atom is -0.384 e. The molecule has 0 aliphatic heterocycles. The van der Waals surface area contributed by atoms with E-state index in [1.807, 2.05) is 0 Å². The maximum Gasteiger partial charge on any atom is 0.294 e. The first-order chi connectivity index (χ1) is 6.97. The Morgan fingerprint density at radius 1 is 1.20 bits per heavy atom. The zero-order chi connectivity index (χ0) is 11.1. The van der Waals surface area contributed by atoms with Crippen molar-refractivity contribution in [3.05, 3.63) is 30.3 Å². The Balaban J connectivity index is 2.73. The number of fused-ring (bicyclic) bond motifs is 1. The van der Waals surface area contributed by atoms with E-state index in [0.717, 1.165) is 0 Å². The van der Waals surface area contributed by atoms with Crippen molar-refractivity contribution >= 4 is 26.8 Å². The number of nitrogens with zero attached hydrogens (tertiary/aromatic N) is 1. The second-order valence-corrected chi connectivity index (χ2v) is 4.49. The van der Waals surface area contributed by atoms with Crippen molar-refractivity contribution in [1.29, 1.82) is 0 Å². The first kappa shape index (κ1) is 9.88. The summed E-state index contributed by atoms with van der Waals surface area (Å²) in [7, 11) is -4.16. The minimum atomic E-state index is -4.16. The SMILES string of the molecule is Nc1ccc2cc(S(=O)(=O)O)ccc2n1. The standard InChI is InChI=1S/C9H8N2O3S/c10-9-4-1-6-5-7(15(12,13)14)2-3-8(6)11-9/h1-5H,(H2,10,11)(H,12,13,14). The van der Waals surface area contributed by atoms with Gasteiger partial charge in [-0.2, -0.15) is 8.42 Å². The number of aromatic nitrogens is 1. The molecule has 0 aliphatic rings. The van der Waals surface area contributed by atoms with Gasteiger partial charge in [0, 0.05) is 5.39 Å². The summed E-state index contributed by atoms with van der Waals surface area (Å²) < 4.78 is 30.5. The molecule has 5 nitrogen and oxygen atoms in total. The van der Waals surface area contributed by atoms with Gasteiger partial charge in [-0.1, -0.05) is 0 Å². The van der Waals surface area contributed by atoms with Gasteiger partial charge in [0.15, 0.2) is 0 Å². The number of hydrogen-bond acceptors (Lipinski definition) is 4. The highest BCUT2D eigenvalue weighted by Crippen LogP contribution is 2.18. The van der Waals surface area contributed by atoms with Gasteiger partial charge >= 0.3 is 0 Å². The van der Waals surface area contributed by atoms with Gasteiger partial charge in [-0.15, -0.1) is 0 Å². The smallest absolute Gasteiger partial charge is 0.294 e. The van der Waals surface area contributed by atoms with Gasteiger partial charge in [-0.05, 0) is 30.3 Å². The minimum absolute atomic E-state index is 0.151. The van der Waals surface area contributed by atoms with Gasteiger partial charge in [0.1, 0.15) is 5.82 Å². The van der Waals surface area contributed by atoms with E-state index < -0.39 is 10.1 Å². The van der Waals surface area contributed by atoms with Crippen LogP contribution in [0.4, 0.5) is 5.82 Å². The number of benzene rings is 1. The Morgan fingerprint density at radius 3 is 2.60 bits per heavy atom. The Morgan fingerprint density at radius 2 is 1.93 bits per heavy atom. The molecule has 1 aromatic heterocycles. The Labute approximate surface area is 86.3 Å². The average molecular weight is 224 g/mol. The van der Waals surface area contributed by atoms with Crippen molar-refractivity contribution in [2.75, 3.05) is 5.73 Å². The normalized spacial score (nSPS) is 11.8. The topological polar surface area (TPSA) is 93.3 Å². The maximum absolute atomic E-state index is 10.9. The molecule has 0 saturated carbocycles. The van der Waals surface area contributed by atoms with Crippen LogP contribution in [0, 0.1) is 0 Å². The molecular formula is C9H8N2O3S. The number of nitrogens with two attached hydrogens (primary N) is 1. The highest BCUT2D eigenvalue weighted by Gasteiger charge is 2.09. The van der Waals surface area contributed by atoms with E-state index in [1.54, 1.807) is 12.1 Å². The van der Waals surface area contributed by atoms with Crippen LogP contribution in [0.1, 0.15) is 0 Å². The molecule has 15 heavy (non-hydrogen) atoms. The van der Waals surface area contributed by atoms with Crippen LogP contribution in [0.25, 0.3) is 10.9 Å². The molecule has 0 fully saturated rings. The van der Waals surface area contributed by atoms with Crippen LogP contribution in [0.2, 0.25) is 0 Å². The molecule has 2 rings (SSSR count). The van der Waals surface area contributed by atoms with Crippen LogP contribution in [0.3, 0.4) is 0 Å². The highest BCUT2D eigenvalue weighted by atomic mass is 32.2. The summed E-state index contributed by atoms with van der Waals surface area (Å²) in [5, 5.41) is 0.610. The third kappa shape index (κ3) is 1.90. The lowest BCUT2D eigenvalue weighted by molar-refractivity contribution is 0.483. The zero-order valence-electron chi connectivity index (χ0n) is 7.58. The lowest BCUT2D eigenvalue weighted by atomic mass is 10.2. The summed E-state index contributed by atoms with van der Waals surface area (Å²) in [6, 6.07) is 7.33. The molecule has 6 heteroatoms. The Bertz CT molecular complexity index is 622. The van der Waals surface area contributed by atoms with Crippen LogP contribution in [-0.4, -0.2) is 18.0 Å². The number of rotatable bonds is 1. The molecule has 2 aromatic rings. The lowest BCUT2D eigenvalue weighted by Crippen LogP contribution is -1.98. The monoisotopic (exact) mass is 224 g/mol. The molecule has 3 N–H and O–H groups in total. The Hall–Kier alpha value is -1.66. The third-order valence-electron chi connectivity index (χ3n) is 1.98. The number of nitrogen functional groups attached to an aromatic ring is 1. The van der Waals surface area contributed by atoms with E-state index in [-0.39, 0.29) is 4.90 Å². The van der Waals surface area contributed by atoms with Crippen molar-refractivity contribution in [1.82, 2.24) is 4.98 Å². The molecule has 0 aliphatic carbocycles. The van der Waals surface area contributed by atoms with Gasteiger partial charge in [-0.3, -0.25) is 4.55 Å². The molecule has 1 heterocycles. The third-order valence-corrected chi connectivity index (χ3v) is 2.83. The zero-order valence-corrected chi connectivity index (χ0v) is 8.40. The largest absolute Gasteiger partial charge is 0.384 e. The van der Waals surface area contributed by atoms with Crippen molar-refractivity contribution in [3.8, 4) is 0 Å². The molecule has 0 spiro atoms. The highest BCUT2D eigenvalue weighted by molar-refractivity contribution is 7.85. The first-order valence-electron chi connectivity index (χ1n) is 4.10. The second kappa shape index (κ2) is 3.18. The van der Waals surface area contributed by atoms with Crippen LogP contribution < -0.4 is 5.73 Å². The van der Waals surface area contributed by atoms with E-state index in [1.165, 1.54) is 18.2 Å². The molecule has 0 atom stereocenters. The Kier molecular flexibility index (Phi) is 2.09. The molecule has 0 saturated heterocycles. The van der Waals surface area contributed by atoms with E-state index in [2.05, 4.69) is 4.98 Å². The molecule has 0 amide bonds. The quantitative estimate of drug-likeness (QED) is 0.706. The van der Waals surface area contributed by atoms with E-state index >= 15 is 0 Å². The molecular weight excluding hydrogens is 216 g/mol. The van der Waals surface area contributed by atoms with Gasteiger partial charge < -0.3 is 5.73 Å². The predicted molar refractivity (Wildman–Crippen MR) is 56.0 cm³/mol. The molecule has 1 aromatic carbocycles. The number of anilines is 1. The molecule has 0 unspecified atom stereocenters. The number of hydrogen-bond donors (Lipinski definition) is 2. The van der Waals surface area contributed by atoms with E-state index in [9.17, 15) is 8.42 Å². The van der Waals surface area contributed by atoms with Gasteiger partial charge in [-0.25, -0.2) is 4.98 Å². The summed E-state index contributed by atoms with van der Waals surface area (Å²) in [5.74, 6) is 0.363. The molecule has 0 bridgehead atoms. The first-order valence-corrected chi connectivity index (χ1v) is 5.54. The summed E-state index contributed by atoms with van der Waals surface area (Å²) in [6.45, 7) is 0. The van der Waals surface area contributed by atoms with Crippen LogP contribution in [0.15, 0.2) is 35.2 Å². The van der Waals surface area contributed by atoms with Crippen LogP contribution in [-0.2, 0) is 10.1 Å². The fourth-order valence-corrected chi connectivity index (χ4v) is 1.80. The van der Waals surface area contributed by atoms with Crippen LogP contribution >= 0.6 is 0 Å². The molecule has 78 valence electrons. The van der Waals surface area contributed by atoms with Crippen molar-refractivity contribution in [2.24, 2.45) is 0 Å². The average Bonchev–Trinajstić information content (AvgIpc) is 2.15. The maximum atomic E-state index is 10.9. The summed E-state index contributed by atoms with van der Waals surface area (Å²) in [6.07, 6.45) is 0. The van der Waals surface area contributed by atoms with Crippen LogP contribution in [0.5, 0.6) is 0 Å². The van der Waals surface area contributed by atoms with Crippen molar-refractivity contribution < 1.29 is 13.0 Å². The molecule has 0 radical (unpaired) electrons. The fourth-order valence-electron chi connectivity index (χ4n) is 1.28. The van der Waals surface area contributed by atoms with Crippen molar-refractivity contribution in [3.63, 3.8) is 0 Å². The second-order valence-electron chi connectivity index (χ2n) is 3.07. The predicted octanol–water partition coefficient (Wildman–Crippen LogP) is 1.06. The summed E-state index contributed by atoms with van der Waals surface area (Å²) in [4.78, 5) is 3.85. The fraction of sp³-hybridized carbons (Fsp3) is 0. The van der Waals surface area contributed by atoms with Gasteiger partial charge in [0.2, 0.25) is 0 Å². The van der Waals surface area contributed by atoms with E-state index in [4.69, 9.17) is 10.3 Å². The summed E-state index contributed by atoms with van der Waals surface area (Å²) in [5.41, 5.74) is 6.05. The summed E-state index contributed by atoms with van der Waals surface area (Å²) >= 11 is 0. The lowest BCUT2D eigenvalue weighted by Gasteiger charge is -2.00. The van der Waals surface area contributed by atoms with Crippen molar-refractivity contribution in [2.45, 2.75) is 4.90 Å². The van der Waals surface area contributed by atoms with Gasteiger partial charge in [0.05, 0.1) is 10.4 Å². The van der Waals surface area contributed by atoms with E-state index in [0.29, 0.717) is 16.7 Å². The number of pyridine rings is 1. The van der Waals surface area contributed by atoms with Gasteiger partial charge in [0.25, 0.3) is 10.1 Å².